The molecule has 176 valence electrons. The Labute approximate surface area is 181 Å². The summed E-state index contributed by atoms with van der Waals surface area (Å²) in [5.74, 6) is -8.24. The molecule has 0 aliphatic rings. The van der Waals surface area contributed by atoms with Crippen molar-refractivity contribution in [3.63, 3.8) is 0 Å². The molecule has 0 spiro atoms. The van der Waals surface area contributed by atoms with E-state index in [9.17, 15) is 27.2 Å². The van der Waals surface area contributed by atoms with Crippen LogP contribution in [0.2, 0.25) is 0 Å². The molecule has 8 heteroatoms. The quantitative estimate of drug-likeness (QED) is 0.0948. The summed E-state index contributed by atoms with van der Waals surface area (Å²) in [6.45, 7) is 1.81. The fourth-order valence-electron chi connectivity index (χ4n) is 3.01. The first-order valence-electron chi connectivity index (χ1n) is 11.0. The molecule has 0 amide bonds. The van der Waals surface area contributed by atoms with Gasteiger partial charge in [0.1, 0.15) is 6.61 Å². The molecule has 1 aromatic carbocycles. The van der Waals surface area contributed by atoms with Gasteiger partial charge < -0.3 is 9.47 Å². The predicted molar refractivity (Wildman–Crippen MR) is 108 cm³/mol. The van der Waals surface area contributed by atoms with E-state index in [4.69, 9.17) is 9.47 Å². The minimum Gasteiger partial charge on any atom is -0.466 e. The van der Waals surface area contributed by atoms with Crippen molar-refractivity contribution in [2.75, 3.05) is 6.61 Å². The summed E-state index contributed by atoms with van der Waals surface area (Å²) in [7, 11) is 0. The summed E-state index contributed by atoms with van der Waals surface area (Å²) in [4.78, 5) is 23.3. The van der Waals surface area contributed by atoms with Crippen molar-refractivity contribution >= 4 is 11.9 Å². The van der Waals surface area contributed by atoms with Crippen LogP contribution >= 0.6 is 0 Å². The first-order chi connectivity index (χ1) is 14.9. The van der Waals surface area contributed by atoms with Gasteiger partial charge in [-0.25, -0.2) is 17.6 Å². The third-order valence-corrected chi connectivity index (χ3v) is 4.84. The maximum absolute atomic E-state index is 13.5. The Morgan fingerprint density at radius 2 is 1.26 bits per heavy atom. The topological polar surface area (TPSA) is 52.6 Å². The summed E-state index contributed by atoms with van der Waals surface area (Å²) in [6.07, 6.45) is 10.5. The Kier molecular flexibility index (Phi) is 13.6. The highest BCUT2D eigenvalue weighted by Crippen LogP contribution is 2.19. The number of unbranched alkanes of at least 4 members (excludes halogenated alkanes) is 8. The molecule has 0 saturated heterocycles. The maximum atomic E-state index is 13.5. The van der Waals surface area contributed by atoms with Crippen molar-refractivity contribution in [1.29, 1.82) is 0 Å². The molecule has 4 nitrogen and oxygen atoms in total. The fraction of sp³-hybridized carbons (Fsp3) is 0.652. The SMILES string of the molecule is CCCCCCCCCCCOC(=O)CCCC(=O)OCc1cc(F)c(F)c(F)c1F. The van der Waals surface area contributed by atoms with Gasteiger partial charge in [-0.05, 0) is 18.9 Å². The van der Waals surface area contributed by atoms with Crippen molar-refractivity contribution in [3.8, 4) is 0 Å². The van der Waals surface area contributed by atoms with Crippen LogP contribution in [0.15, 0.2) is 6.07 Å². The predicted octanol–water partition coefficient (Wildman–Crippen LogP) is 6.53. The highest BCUT2D eigenvalue weighted by atomic mass is 19.2. The van der Waals surface area contributed by atoms with Crippen molar-refractivity contribution in [2.24, 2.45) is 0 Å². The molecule has 0 heterocycles. The van der Waals surface area contributed by atoms with E-state index >= 15 is 0 Å². The average Bonchev–Trinajstić information content (AvgIpc) is 2.75. The molecule has 0 N–H and O–H groups in total. The molecule has 0 aliphatic carbocycles. The number of hydrogen-bond donors (Lipinski definition) is 0. The second-order valence-electron chi connectivity index (χ2n) is 7.52. The third-order valence-electron chi connectivity index (χ3n) is 4.84. The van der Waals surface area contributed by atoms with Crippen molar-refractivity contribution in [1.82, 2.24) is 0 Å². The molecule has 0 saturated carbocycles. The number of halogens is 4. The van der Waals surface area contributed by atoms with Gasteiger partial charge in [0.15, 0.2) is 23.3 Å². The zero-order chi connectivity index (χ0) is 23.1. The smallest absolute Gasteiger partial charge is 0.306 e. The lowest BCUT2D eigenvalue weighted by Gasteiger charge is -2.08. The molecule has 0 fully saturated rings. The summed E-state index contributed by atoms with van der Waals surface area (Å²) in [5, 5.41) is 0. The standard InChI is InChI=1S/C23H32F4O4/c1-2-3-4-5-6-7-8-9-10-14-30-19(28)12-11-13-20(29)31-16-17-15-18(24)22(26)23(27)21(17)25/h15H,2-14,16H2,1H3. The number of esters is 2. The second kappa shape index (κ2) is 15.6. The lowest BCUT2D eigenvalue weighted by Crippen LogP contribution is -2.10. The van der Waals surface area contributed by atoms with Crippen LogP contribution in [0, 0.1) is 23.3 Å². The zero-order valence-corrected chi connectivity index (χ0v) is 18.1. The van der Waals surface area contributed by atoms with Crippen molar-refractivity contribution < 1.29 is 36.6 Å². The second-order valence-corrected chi connectivity index (χ2v) is 7.52. The molecular weight excluding hydrogens is 416 g/mol. The largest absolute Gasteiger partial charge is 0.466 e. The van der Waals surface area contributed by atoms with Gasteiger partial charge in [-0.2, -0.15) is 0 Å². The van der Waals surface area contributed by atoms with Crippen LogP contribution in [-0.4, -0.2) is 18.5 Å². The normalized spacial score (nSPS) is 10.9. The number of carbonyl (C=O) groups is 2. The highest BCUT2D eigenvalue weighted by molar-refractivity contribution is 5.72. The van der Waals surface area contributed by atoms with Crippen LogP contribution < -0.4 is 0 Å². The van der Waals surface area contributed by atoms with Crippen LogP contribution in [0.25, 0.3) is 0 Å². The van der Waals surface area contributed by atoms with E-state index in [1.807, 2.05) is 0 Å². The molecule has 0 aliphatic heterocycles. The van der Waals surface area contributed by atoms with E-state index in [1.165, 1.54) is 38.5 Å². The van der Waals surface area contributed by atoms with Gasteiger partial charge in [-0.15, -0.1) is 0 Å². The minimum atomic E-state index is -1.96. The van der Waals surface area contributed by atoms with Crippen LogP contribution in [0.5, 0.6) is 0 Å². The molecular formula is C23H32F4O4. The zero-order valence-electron chi connectivity index (χ0n) is 18.1. The summed E-state index contributed by atoms with van der Waals surface area (Å²) < 4.78 is 62.5. The number of hydrogen-bond acceptors (Lipinski definition) is 4. The number of ether oxygens (including phenoxy) is 2. The Bertz CT molecular complexity index is 695. The Balaban J connectivity index is 2.07. The van der Waals surface area contributed by atoms with Crippen LogP contribution in [0.3, 0.4) is 0 Å². The number of carbonyl (C=O) groups excluding carboxylic acids is 2. The van der Waals surface area contributed by atoms with Crippen molar-refractivity contribution in [3.05, 3.63) is 34.9 Å². The maximum Gasteiger partial charge on any atom is 0.306 e. The third kappa shape index (κ3) is 11.2. The van der Waals surface area contributed by atoms with Gasteiger partial charge in [0.25, 0.3) is 0 Å². The van der Waals surface area contributed by atoms with Gasteiger partial charge >= 0.3 is 11.9 Å². The molecule has 31 heavy (non-hydrogen) atoms. The van der Waals surface area contributed by atoms with Gasteiger partial charge in [-0.3, -0.25) is 9.59 Å². The highest BCUT2D eigenvalue weighted by Gasteiger charge is 2.19. The van der Waals surface area contributed by atoms with Crippen molar-refractivity contribution in [2.45, 2.75) is 90.6 Å². The van der Waals surface area contributed by atoms with E-state index in [2.05, 4.69) is 6.92 Å². The Morgan fingerprint density at radius 3 is 1.87 bits per heavy atom. The lowest BCUT2D eigenvalue weighted by atomic mass is 10.1. The minimum absolute atomic E-state index is 0.0285. The summed E-state index contributed by atoms with van der Waals surface area (Å²) >= 11 is 0. The van der Waals surface area contributed by atoms with Crippen LogP contribution in [0.1, 0.15) is 89.5 Å². The van der Waals surface area contributed by atoms with E-state index in [1.54, 1.807) is 0 Å². The molecule has 0 unspecified atom stereocenters. The van der Waals surface area contributed by atoms with Gasteiger partial charge in [0, 0.05) is 18.4 Å². The molecule has 0 radical (unpaired) electrons. The monoisotopic (exact) mass is 448 g/mol. The van der Waals surface area contributed by atoms with Gasteiger partial charge in [0.2, 0.25) is 0 Å². The Morgan fingerprint density at radius 1 is 0.710 bits per heavy atom. The molecule has 0 aromatic heterocycles. The molecule has 0 atom stereocenters. The number of benzene rings is 1. The first kappa shape index (κ1) is 26.9. The Hall–Kier alpha value is -2.12. The summed E-state index contributed by atoms with van der Waals surface area (Å²) in [5.41, 5.74) is -0.606. The molecule has 1 rings (SSSR count). The van der Waals surface area contributed by atoms with Gasteiger partial charge in [0.05, 0.1) is 6.61 Å². The summed E-state index contributed by atoms with van der Waals surface area (Å²) in [6, 6.07) is 0.435. The van der Waals surface area contributed by atoms with E-state index < -0.39 is 47.4 Å². The first-order valence-corrected chi connectivity index (χ1v) is 11.0. The fourth-order valence-corrected chi connectivity index (χ4v) is 3.01. The van der Waals surface area contributed by atoms with E-state index in [0.29, 0.717) is 12.7 Å². The van der Waals surface area contributed by atoms with E-state index in [0.717, 1.165) is 19.3 Å². The van der Waals surface area contributed by atoms with Crippen LogP contribution in [-0.2, 0) is 25.7 Å². The van der Waals surface area contributed by atoms with E-state index in [-0.39, 0.29) is 19.3 Å². The van der Waals surface area contributed by atoms with Gasteiger partial charge in [-0.1, -0.05) is 58.3 Å². The van der Waals surface area contributed by atoms with Crippen LogP contribution in [0.4, 0.5) is 17.6 Å². The molecule has 1 aromatic rings. The average molecular weight is 448 g/mol. The lowest BCUT2D eigenvalue weighted by molar-refractivity contribution is -0.146. The molecule has 0 bridgehead atoms. The number of rotatable bonds is 16.